The molecule has 0 aromatic heterocycles. The third-order valence-electron chi connectivity index (χ3n) is 2.87. The Balaban J connectivity index is 2.26. The highest BCUT2D eigenvalue weighted by molar-refractivity contribution is 4.71. The van der Waals surface area contributed by atoms with Crippen LogP contribution in [0.5, 0.6) is 0 Å². The van der Waals surface area contributed by atoms with E-state index in [0.29, 0.717) is 5.92 Å². The van der Waals surface area contributed by atoms with E-state index in [1.807, 2.05) is 0 Å². The minimum atomic E-state index is -0.367. The Hall–Kier alpha value is -0.640. The van der Waals surface area contributed by atoms with Gasteiger partial charge in [0.05, 0.1) is 0 Å². The van der Waals surface area contributed by atoms with Gasteiger partial charge in [-0.05, 0) is 38.9 Å². The largest absolute Gasteiger partial charge is 0.306 e. The number of likely N-dealkylation sites (tertiary alicyclic amines) is 1. The lowest BCUT2D eigenvalue weighted by Gasteiger charge is -2.28. The van der Waals surface area contributed by atoms with E-state index in [0.717, 1.165) is 32.4 Å². The molecule has 1 saturated heterocycles. The predicted octanol–water partition coefficient (Wildman–Crippen LogP) is 1.38. The van der Waals surface area contributed by atoms with Gasteiger partial charge in [-0.1, -0.05) is 0 Å². The zero-order valence-corrected chi connectivity index (χ0v) is 8.40. The summed E-state index contributed by atoms with van der Waals surface area (Å²) in [6.45, 7) is 3.89. The molecule has 1 heterocycles. The van der Waals surface area contributed by atoms with Gasteiger partial charge in [-0.15, -0.1) is 0 Å². The maximum atomic E-state index is 10.4. The van der Waals surface area contributed by atoms with Crippen molar-refractivity contribution in [2.75, 3.05) is 20.1 Å². The summed E-state index contributed by atoms with van der Waals surface area (Å²) in [5, 5.41) is 10.4. The van der Waals surface area contributed by atoms with Gasteiger partial charge in [0, 0.05) is 18.3 Å². The zero-order valence-electron chi connectivity index (χ0n) is 8.40. The molecule has 0 aromatic rings. The summed E-state index contributed by atoms with van der Waals surface area (Å²) in [4.78, 5) is 12.5. The van der Waals surface area contributed by atoms with Crippen LogP contribution in [0.15, 0.2) is 0 Å². The molecule has 76 valence electrons. The van der Waals surface area contributed by atoms with Gasteiger partial charge in [0.2, 0.25) is 6.04 Å². The molecule has 1 fully saturated rings. The number of nitro groups is 1. The van der Waals surface area contributed by atoms with Gasteiger partial charge >= 0.3 is 0 Å². The molecule has 0 radical (unpaired) electrons. The molecule has 1 aliphatic rings. The van der Waals surface area contributed by atoms with Gasteiger partial charge in [-0.3, -0.25) is 10.1 Å². The molecule has 4 heteroatoms. The second kappa shape index (κ2) is 4.56. The molecule has 0 saturated carbocycles. The molecule has 1 unspecified atom stereocenters. The Bertz CT molecular complexity index is 176. The standard InChI is InChI=1S/C9H18N2O2/c1-8(11(12)13)7-9-3-5-10(2)6-4-9/h8-9H,3-7H2,1-2H3. The average Bonchev–Trinajstić information content (AvgIpc) is 2.08. The minimum absolute atomic E-state index is 0.168. The highest BCUT2D eigenvalue weighted by Crippen LogP contribution is 2.21. The lowest BCUT2D eigenvalue weighted by Crippen LogP contribution is -2.32. The van der Waals surface area contributed by atoms with Crippen LogP contribution in [0.1, 0.15) is 26.2 Å². The zero-order chi connectivity index (χ0) is 9.84. The van der Waals surface area contributed by atoms with Crippen molar-refractivity contribution < 1.29 is 4.92 Å². The third-order valence-corrected chi connectivity index (χ3v) is 2.87. The fourth-order valence-corrected chi connectivity index (χ4v) is 1.87. The van der Waals surface area contributed by atoms with Gasteiger partial charge in [-0.25, -0.2) is 0 Å². The smallest absolute Gasteiger partial charge is 0.210 e. The summed E-state index contributed by atoms with van der Waals surface area (Å²) in [7, 11) is 2.10. The molecule has 0 amide bonds. The molecule has 0 aliphatic carbocycles. The van der Waals surface area contributed by atoms with Crippen LogP contribution in [0, 0.1) is 16.0 Å². The molecular formula is C9H18N2O2. The van der Waals surface area contributed by atoms with Crippen molar-refractivity contribution in [2.24, 2.45) is 5.92 Å². The summed E-state index contributed by atoms with van der Waals surface area (Å²) < 4.78 is 0. The van der Waals surface area contributed by atoms with Crippen LogP contribution >= 0.6 is 0 Å². The first-order chi connectivity index (χ1) is 6.09. The minimum Gasteiger partial charge on any atom is -0.306 e. The molecule has 13 heavy (non-hydrogen) atoms. The summed E-state index contributed by atoms with van der Waals surface area (Å²) in [6.07, 6.45) is 2.99. The normalized spacial score (nSPS) is 22.9. The van der Waals surface area contributed by atoms with Crippen LogP contribution < -0.4 is 0 Å². The summed E-state index contributed by atoms with van der Waals surface area (Å²) in [5.41, 5.74) is 0. The topological polar surface area (TPSA) is 46.4 Å². The van der Waals surface area contributed by atoms with Crippen LogP contribution in [0.3, 0.4) is 0 Å². The Morgan fingerprint density at radius 3 is 2.54 bits per heavy atom. The molecule has 1 rings (SSSR count). The number of rotatable bonds is 3. The van der Waals surface area contributed by atoms with Crippen LogP contribution in [0.2, 0.25) is 0 Å². The summed E-state index contributed by atoms with van der Waals surface area (Å²) >= 11 is 0. The average molecular weight is 186 g/mol. The van der Waals surface area contributed by atoms with Crippen molar-refractivity contribution >= 4 is 0 Å². The number of hydrogen-bond donors (Lipinski definition) is 0. The first-order valence-electron chi connectivity index (χ1n) is 4.91. The van der Waals surface area contributed by atoms with E-state index >= 15 is 0 Å². The van der Waals surface area contributed by atoms with E-state index < -0.39 is 0 Å². The first kappa shape index (κ1) is 10.4. The quantitative estimate of drug-likeness (QED) is 0.494. The summed E-state index contributed by atoms with van der Waals surface area (Å²) in [6, 6.07) is -0.367. The van der Waals surface area contributed by atoms with Crippen LogP contribution in [-0.2, 0) is 0 Å². The van der Waals surface area contributed by atoms with Gasteiger partial charge in [0.25, 0.3) is 0 Å². The van der Waals surface area contributed by atoms with E-state index in [1.165, 1.54) is 0 Å². The van der Waals surface area contributed by atoms with E-state index in [2.05, 4.69) is 11.9 Å². The Labute approximate surface area is 79.1 Å². The highest BCUT2D eigenvalue weighted by Gasteiger charge is 2.23. The van der Waals surface area contributed by atoms with Crippen molar-refractivity contribution in [1.29, 1.82) is 0 Å². The van der Waals surface area contributed by atoms with Gasteiger partial charge in [0.15, 0.2) is 0 Å². The Morgan fingerprint density at radius 1 is 1.54 bits per heavy atom. The second-order valence-electron chi connectivity index (χ2n) is 4.12. The van der Waals surface area contributed by atoms with Gasteiger partial charge < -0.3 is 4.90 Å². The maximum absolute atomic E-state index is 10.4. The Kier molecular flexibility index (Phi) is 3.66. The maximum Gasteiger partial charge on any atom is 0.210 e. The molecule has 4 nitrogen and oxygen atoms in total. The predicted molar refractivity (Wildman–Crippen MR) is 51.3 cm³/mol. The molecule has 0 N–H and O–H groups in total. The number of nitrogens with zero attached hydrogens (tertiary/aromatic N) is 2. The molecule has 0 aromatic carbocycles. The van der Waals surface area contributed by atoms with E-state index in [9.17, 15) is 10.1 Å². The third kappa shape index (κ3) is 3.30. The van der Waals surface area contributed by atoms with Crippen molar-refractivity contribution in [3.05, 3.63) is 10.1 Å². The Morgan fingerprint density at radius 2 is 2.08 bits per heavy atom. The lowest BCUT2D eigenvalue weighted by molar-refractivity contribution is -0.520. The molecule has 0 bridgehead atoms. The number of hydrogen-bond acceptors (Lipinski definition) is 3. The molecule has 1 aliphatic heterocycles. The fraction of sp³-hybridized carbons (Fsp3) is 1.00. The van der Waals surface area contributed by atoms with Crippen molar-refractivity contribution in [1.82, 2.24) is 4.90 Å². The van der Waals surface area contributed by atoms with Crippen LogP contribution in [0.25, 0.3) is 0 Å². The number of piperidine rings is 1. The van der Waals surface area contributed by atoms with Gasteiger partial charge in [-0.2, -0.15) is 0 Å². The first-order valence-corrected chi connectivity index (χ1v) is 4.91. The van der Waals surface area contributed by atoms with Crippen molar-refractivity contribution in [3.8, 4) is 0 Å². The summed E-state index contributed by atoms with van der Waals surface area (Å²) in [5.74, 6) is 0.566. The molecule has 1 atom stereocenters. The van der Waals surface area contributed by atoms with Gasteiger partial charge in [0.1, 0.15) is 0 Å². The highest BCUT2D eigenvalue weighted by atomic mass is 16.6. The molecular weight excluding hydrogens is 168 g/mol. The lowest BCUT2D eigenvalue weighted by atomic mass is 9.91. The van der Waals surface area contributed by atoms with E-state index in [1.54, 1.807) is 6.92 Å². The monoisotopic (exact) mass is 186 g/mol. The van der Waals surface area contributed by atoms with E-state index in [4.69, 9.17) is 0 Å². The van der Waals surface area contributed by atoms with Crippen molar-refractivity contribution in [2.45, 2.75) is 32.2 Å². The van der Waals surface area contributed by atoms with E-state index in [-0.39, 0.29) is 11.0 Å². The van der Waals surface area contributed by atoms with Crippen LogP contribution in [-0.4, -0.2) is 36.0 Å². The second-order valence-corrected chi connectivity index (χ2v) is 4.12. The molecule has 0 spiro atoms. The SMILES string of the molecule is CC(CC1CCN(C)CC1)[N+](=O)[O-]. The van der Waals surface area contributed by atoms with Crippen LogP contribution in [0.4, 0.5) is 0 Å². The fourth-order valence-electron chi connectivity index (χ4n) is 1.87. The van der Waals surface area contributed by atoms with Crippen molar-refractivity contribution in [3.63, 3.8) is 0 Å².